The molecule has 0 radical (unpaired) electrons. The SMILES string of the molecule is CCc1ccc(C2CN(c3cnc(-c4ccc(CC(CC(=O)c5ccc(C(C)(C)C)s5)C(=O)N5CC(C(=O)O)C5)cc4)nc3)C2)cc1. The normalized spacial score (nSPS) is 16.0. The Balaban J connectivity index is 1.10. The molecule has 1 atom stereocenters. The van der Waals surface area contributed by atoms with Gasteiger partial charge in [0.05, 0.1) is 28.9 Å². The Hall–Kier alpha value is -4.37. The Labute approximate surface area is 280 Å². The molecule has 6 rings (SSSR count). The van der Waals surface area contributed by atoms with Gasteiger partial charge < -0.3 is 14.9 Å². The third-order valence-corrected chi connectivity index (χ3v) is 10.9. The Bertz CT molecular complexity index is 1730. The maximum atomic E-state index is 13.5. The van der Waals surface area contributed by atoms with Crippen molar-refractivity contribution in [2.24, 2.45) is 11.8 Å². The molecule has 47 heavy (non-hydrogen) atoms. The van der Waals surface area contributed by atoms with Gasteiger partial charge in [0.1, 0.15) is 0 Å². The minimum atomic E-state index is -0.896. The number of aliphatic carboxylic acids is 1. The Morgan fingerprint density at radius 2 is 1.53 bits per heavy atom. The number of carboxylic acids is 1. The van der Waals surface area contributed by atoms with E-state index >= 15 is 0 Å². The first-order valence-corrected chi connectivity index (χ1v) is 17.2. The van der Waals surface area contributed by atoms with Gasteiger partial charge in [0, 0.05) is 54.9 Å². The number of carbonyl (C=O) groups is 3. The molecule has 1 amide bonds. The molecule has 2 aliphatic rings. The van der Waals surface area contributed by atoms with E-state index in [4.69, 9.17) is 0 Å². The van der Waals surface area contributed by atoms with E-state index in [1.807, 2.05) is 48.8 Å². The lowest BCUT2D eigenvalue weighted by atomic mass is 9.89. The van der Waals surface area contributed by atoms with Gasteiger partial charge in [0.15, 0.2) is 11.6 Å². The van der Waals surface area contributed by atoms with Gasteiger partial charge in [0.25, 0.3) is 0 Å². The maximum absolute atomic E-state index is 13.5. The standard InChI is InChI=1S/C38H42N4O4S/c1-5-24-6-10-26(11-7-24)29-20-41(21-29)31-18-39-35(40-19-31)27-12-8-25(9-13-27)16-28(36(44)42-22-30(23-42)37(45)46)17-32(43)33-14-15-34(47-33)38(2,3)4/h6-15,18-19,28-30H,5,16-17,20-23H2,1-4H3,(H,45,46). The van der Waals surface area contributed by atoms with E-state index in [0.717, 1.165) is 41.2 Å². The number of carbonyl (C=O) groups excluding carboxylic acids is 2. The molecule has 4 aromatic rings. The van der Waals surface area contributed by atoms with Crippen LogP contribution in [0.5, 0.6) is 0 Å². The van der Waals surface area contributed by atoms with Crippen LogP contribution in [0, 0.1) is 11.8 Å². The second-order valence-corrected chi connectivity index (χ2v) is 15.0. The minimum absolute atomic E-state index is 0.0625. The molecule has 2 fully saturated rings. The van der Waals surface area contributed by atoms with Crippen LogP contribution in [-0.4, -0.2) is 63.8 Å². The number of nitrogens with zero attached hydrogens (tertiary/aromatic N) is 4. The number of carboxylic acid groups (broad SMARTS) is 1. The number of hydrogen-bond acceptors (Lipinski definition) is 7. The summed E-state index contributed by atoms with van der Waals surface area (Å²) in [7, 11) is 0. The van der Waals surface area contributed by atoms with E-state index in [9.17, 15) is 19.5 Å². The maximum Gasteiger partial charge on any atom is 0.310 e. The summed E-state index contributed by atoms with van der Waals surface area (Å²) in [5, 5.41) is 9.31. The van der Waals surface area contributed by atoms with Gasteiger partial charge in [-0.2, -0.15) is 0 Å². The van der Waals surface area contributed by atoms with Crippen molar-refractivity contribution in [3.05, 3.63) is 99.5 Å². The summed E-state index contributed by atoms with van der Waals surface area (Å²) in [4.78, 5) is 53.2. The molecule has 1 unspecified atom stereocenters. The predicted octanol–water partition coefficient (Wildman–Crippen LogP) is 6.64. The number of hydrogen-bond donors (Lipinski definition) is 1. The number of Topliss-reactive ketones (excluding diaryl/α,β-unsaturated/α-hetero) is 1. The van der Waals surface area contributed by atoms with Crippen molar-refractivity contribution in [1.82, 2.24) is 14.9 Å². The number of aryl methyl sites for hydroxylation is 1. The zero-order chi connectivity index (χ0) is 33.3. The second-order valence-electron chi connectivity index (χ2n) is 13.9. The van der Waals surface area contributed by atoms with Crippen molar-refractivity contribution >= 4 is 34.7 Å². The summed E-state index contributed by atoms with van der Waals surface area (Å²) in [5.41, 5.74) is 5.47. The van der Waals surface area contributed by atoms with Crippen molar-refractivity contribution in [3.63, 3.8) is 0 Å². The summed E-state index contributed by atoms with van der Waals surface area (Å²) in [6.45, 7) is 10.8. The van der Waals surface area contributed by atoms with Crippen LogP contribution in [0.1, 0.15) is 71.3 Å². The summed E-state index contributed by atoms with van der Waals surface area (Å²) in [6, 6.07) is 20.6. The average molecular weight is 651 g/mol. The van der Waals surface area contributed by atoms with Crippen LogP contribution in [0.15, 0.2) is 73.1 Å². The van der Waals surface area contributed by atoms with Gasteiger partial charge in [-0.1, -0.05) is 76.2 Å². The molecule has 0 aliphatic carbocycles. The molecule has 2 saturated heterocycles. The van der Waals surface area contributed by atoms with E-state index in [1.54, 1.807) is 4.90 Å². The number of ketones is 1. The highest BCUT2D eigenvalue weighted by Gasteiger charge is 2.39. The van der Waals surface area contributed by atoms with E-state index < -0.39 is 17.8 Å². The fourth-order valence-corrected chi connectivity index (χ4v) is 7.18. The predicted molar refractivity (Wildman–Crippen MR) is 185 cm³/mol. The highest BCUT2D eigenvalue weighted by molar-refractivity contribution is 7.14. The molecule has 0 saturated carbocycles. The van der Waals surface area contributed by atoms with Crippen LogP contribution in [0.2, 0.25) is 0 Å². The quantitative estimate of drug-likeness (QED) is 0.182. The van der Waals surface area contributed by atoms with Crippen molar-refractivity contribution < 1.29 is 19.5 Å². The van der Waals surface area contributed by atoms with Gasteiger partial charge >= 0.3 is 5.97 Å². The summed E-state index contributed by atoms with van der Waals surface area (Å²) >= 11 is 1.48. The number of amides is 1. The van der Waals surface area contributed by atoms with Crippen molar-refractivity contribution in [3.8, 4) is 11.4 Å². The van der Waals surface area contributed by atoms with Crippen LogP contribution in [0.4, 0.5) is 5.69 Å². The van der Waals surface area contributed by atoms with E-state index in [2.05, 4.69) is 66.8 Å². The van der Waals surface area contributed by atoms with Gasteiger partial charge in [-0.25, -0.2) is 9.97 Å². The molecular weight excluding hydrogens is 609 g/mol. The van der Waals surface area contributed by atoms with Gasteiger partial charge in [-0.15, -0.1) is 11.3 Å². The lowest BCUT2D eigenvalue weighted by Gasteiger charge is -2.41. The lowest BCUT2D eigenvalue weighted by Crippen LogP contribution is -2.55. The number of rotatable bonds is 11. The van der Waals surface area contributed by atoms with Crippen LogP contribution in [-0.2, 0) is 27.8 Å². The van der Waals surface area contributed by atoms with Gasteiger partial charge in [-0.3, -0.25) is 14.4 Å². The molecule has 9 heteroatoms. The van der Waals surface area contributed by atoms with Gasteiger partial charge in [-0.05, 0) is 47.1 Å². The van der Waals surface area contributed by atoms with Crippen molar-refractivity contribution in [2.45, 2.75) is 58.3 Å². The van der Waals surface area contributed by atoms with Crippen molar-refractivity contribution in [2.75, 3.05) is 31.1 Å². The Morgan fingerprint density at radius 1 is 0.894 bits per heavy atom. The number of likely N-dealkylation sites (tertiary alicyclic amines) is 1. The average Bonchev–Trinajstić information content (AvgIpc) is 3.52. The molecule has 2 aromatic heterocycles. The van der Waals surface area contributed by atoms with E-state index in [0.29, 0.717) is 23.0 Å². The van der Waals surface area contributed by atoms with Crippen LogP contribution in [0.3, 0.4) is 0 Å². The summed E-state index contributed by atoms with van der Waals surface area (Å²) in [5.74, 6) is -1.11. The highest BCUT2D eigenvalue weighted by atomic mass is 32.1. The Kier molecular flexibility index (Phi) is 9.28. The zero-order valence-corrected chi connectivity index (χ0v) is 28.3. The first-order valence-electron chi connectivity index (χ1n) is 16.4. The summed E-state index contributed by atoms with van der Waals surface area (Å²) < 4.78 is 0. The summed E-state index contributed by atoms with van der Waals surface area (Å²) in [6.07, 6.45) is 5.26. The second kappa shape index (κ2) is 13.4. The first-order chi connectivity index (χ1) is 22.5. The lowest BCUT2D eigenvalue weighted by molar-refractivity contribution is -0.154. The van der Waals surface area contributed by atoms with Crippen LogP contribution in [0.25, 0.3) is 11.4 Å². The number of aromatic nitrogens is 2. The molecule has 0 spiro atoms. The molecule has 2 aliphatic heterocycles. The number of thiophene rings is 1. The van der Waals surface area contributed by atoms with E-state index in [-0.39, 0.29) is 36.6 Å². The number of benzene rings is 2. The third kappa shape index (κ3) is 7.30. The minimum Gasteiger partial charge on any atom is -0.481 e. The molecule has 244 valence electrons. The van der Waals surface area contributed by atoms with E-state index in [1.165, 1.54) is 22.5 Å². The first kappa shape index (κ1) is 32.6. The highest BCUT2D eigenvalue weighted by Crippen LogP contribution is 2.33. The van der Waals surface area contributed by atoms with Crippen LogP contribution < -0.4 is 4.90 Å². The number of anilines is 1. The molecule has 8 nitrogen and oxygen atoms in total. The molecule has 4 heterocycles. The molecule has 1 N–H and O–H groups in total. The monoisotopic (exact) mass is 650 g/mol. The van der Waals surface area contributed by atoms with Crippen LogP contribution >= 0.6 is 11.3 Å². The zero-order valence-electron chi connectivity index (χ0n) is 27.5. The fraction of sp³-hybridized carbons (Fsp3) is 0.395. The van der Waals surface area contributed by atoms with Gasteiger partial charge in [0.2, 0.25) is 5.91 Å². The third-order valence-electron chi connectivity index (χ3n) is 9.38. The molecule has 0 bridgehead atoms. The van der Waals surface area contributed by atoms with Crippen molar-refractivity contribution in [1.29, 1.82) is 0 Å². The molecular formula is C38H42N4O4S. The largest absolute Gasteiger partial charge is 0.481 e. The fourth-order valence-electron chi connectivity index (χ4n) is 6.17. The Morgan fingerprint density at radius 3 is 2.11 bits per heavy atom. The smallest absolute Gasteiger partial charge is 0.310 e. The molecule has 2 aromatic carbocycles. The topological polar surface area (TPSA) is 104 Å².